The van der Waals surface area contributed by atoms with E-state index in [4.69, 9.17) is 4.74 Å². The summed E-state index contributed by atoms with van der Waals surface area (Å²) in [7, 11) is 1.83. The lowest BCUT2D eigenvalue weighted by atomic mass is 10.3. The molecule has 0 aliphatic carbocycles. The van der Waals surface area contributed by atoms with E-state index >= 15 is 0 Å². The maximum Gasteiger partial charge on any atom is 0.304 e. The van der Waals surface area contributed by atoms with E-state index in [1.807, 2.05) is 19.2 Å². The molecule has 1 fully saturated rings. The Kier molecular flexibility index (Phi) is 4.74. The van der Waals surface area contributed by atoms with Gasteiger partial charge >= 0.3 is 6.02 Å². The number of ether oxygens (including phenoxy) is 1. The van der Waals surface area contributed by atoms with Gasteiger partial charge in [0.1, 0.15) is 5.69 Å². The Bertz CT molecular complexity index is 944. The Morgan fingerprint density at radius 3 is 2.79 bits per heavy atom. The molecular formula is C19H23N7O2. The second-order valence-electron chi connectivity index (χ2n) is 6.68. The predicted molar refractivity (Wildman–Crippen MR) is 109 cm³/mol. The number of imidazole rings is 1. The smallest absolute Gasteiger partial charge is 0.304 e. The summed E-state index contributed by atoms with van der Waals surface area (Å²) in [6.07, 6.45) is 0. The number of rotatable bonds is 3. The number of nitrogens with one attached hydrogen (secondary N) is 3. The number of hydrogen-bond donors (Lipinski definition) is 3. The van der Waals surface area contributed by atoms with Gasteiger partial charge in [-0.3, -0.25) is 9.69 Å². The van der Waals surface area contributed by atoms with Crippen molar-refractivity contribution in [2.45, 2.75) is 6.92 Å². The van der Waals surface area contributed by atoms with Crippen LogP contribution in [0.4, 0.5) is 17.5 Å². The summed E-state index contributed by atoms with van der Waals surface area (Å²) in [5, 5.41) is 6.09. The van der Waals surface area contributed by atoms with E-state index < -0.39 is 0 Å². The van der Waals surface area contributed by atoms with Gasteiger partial charge in [0.2, 0.25) is 11.9 Å². The van der Waals surface area contributed by atoms with Crippen molar-refractivity contribution < 1.29 is 9.53 Å². The van der Waals surface area contributed by atoms with E-state index in [1.54, 1.807) is 17.0 Å². The number of fused-ring (bicyclic) bond motifs is 1. The molecule has 146 valence electrons. The number of aromatic amines is 1. The van der Waals surface area contributed by atoms with Crippen molar-refractivity contribution in [2.24, 2.45) is 4.99 Å². The third-order valence-corrected chi connectivity index (χ3v) is 4.67. The minimum absolute atomic E-state index is 0.172. The number of H-pyrrole nitrogens is 1. The van der Waals surface area contributed by atoms with Gasteiger partial charge in [0.05, 0.1) is 11.4 Å². The molecule has 0 atom stereocenters. The molecule has 0 saturated carbocycles. The van der Waals surface area contributed by atoms with E-state index in [0.29, 0.717) is 29.0 Å². The van der Waals surface area contributed by atoms with E-state index in [-0.39, 0.29) is 5.91 Å². The second-order valence-corrected chi connectivity index (χ2v) is 6.68. The molecule has 1 aromatic heterocycles. The lowest BCUT2D eigenvalue weighted by Gasteiger charge is -2.27. The van der Waals surface area contributed by atoms with Crippen molar-refractivity contribution in [1.29, 1.82) is 0 Å². The van der Waals surface area contributed by atoms with Crippen molar-refractivity contribution in [2.75, 3.05) is 43.4 Å². The minimum Gasteiger partial charge on any atom is -0.423 e. The highest BCUT2D eigenvalue weighted by Crippen LogP contribution is 2.34. The first-order valence-corrected chi connectivity index (χ1v) is 9.15. The molecule has 4 rings (SSSR count). The third kappa shape index (κ3) is 3.44. The average molecular weight is 381 g/mol. The monoisotopic (exact) mass is 381 g/mol. The Hall–Kier alpha value is -3.33. The van der Waals surface area contributed by atoms with Gasteiger partial charge in [0.15, 0.2) is 11.6 Å². The number of carbonyl (C=O) groups excluding carboxylic acids is 1. The Balaban J connectivity index is 1.63. The number of aliphatic imine (C=N–C) groups is 1. The molecule has 2 aromatic rings. The second kappa shape index (κ2) is 7.35. The quantitative estimate of drug-likeness (QED) is 0.750. The first kappa shape index (κ1) is 18.1. The molecule has 9 nitrogen and oxygen atoms in total. The molecule has 1 amide bonds. The van der Waals surface area contributed by atoms with Gasteiger partial charge in [-0.25, -0.2) is 0 Å². The Labute approximate surface area is 163 Å². The average Bonchev–Trinajstić information content (AvgIpc) is 3.12. The van der Waals surface area contributed by atoms with Crippen LogP contribution in [0.1, 0.15) is 12.6 Å². The zero-order valence-corrected chi connectivity index (χ0v) is 16.0. The number of aromatic nitrogens is 2. The maximum absolute atomic E-state index is 11.4. The van der Waals surface area contributed by atoms with Gasteiger partial charge < -0.3 is 25.3 Å². The van der Waals surface area contributed by atoms with Crippen LogP contribution in [0, 0.1) is 0 Å². The first-order valence-electron chi connectivity index (χ1n) is 9.15. The van der Waals surface area contributed by atoms with Gasteiger partial charge in [0, 0.05) is 40.2 Å². The highest BCUT2D eigenvalue weighted by molar-refractivity contribution is 5.95. The number of benzene rings is 1. The zero-order valence-electron chi connectivity index (χ0n) is 16.0. The summed E-state index contributed by atoms with van der Waals surface area (Å²) in [5.41, 5.74) is 2.07. The predicted octanol–water partition coefficient (Wildman–Crippen LogP) is 1.76. The number of anilines is 2. The molecule has 3 heterocycles. The van der Waals surface area contributed by atoms with Crippen LogP contribution >= 0.6 is 0 Å². The van der Waals surface area contributed by atoms with Crippen LogP contribution in [0.2, 0.25) is 0 Å². The van der Waals surface area contributed by atoms with Gasteiger partial charge in [-0.2, -0.15) is 9.98 Å². The molecule has 0 unspecified atom stereocenters. The van der Waals surface area contributed by atoms with Gasteiger partial charge in [-0.1, -0.05) is 18.7 Å². The number of amidine groups is 1. The van der Waals surface area contributed by atoms with Gasteiger partial charge in [-0.05, 0) is 12.1 Å². The number of amides is 1. The van der Waals surface area contributed by atoms with Crippen LogP contribution in [-0.4, -0.2) is 60.0 Å². The SMILES string of the molecule is C=C1c2[nH]c(N3CCNCC3)nc2N=C(Oc2ccccc2NC(C)=O)N1C. The van der Waals surface area contributed by atoms with Crippen molar-refractivity contribution in [1.82, 2.24) is 20.2 Å². The molecule has 0 bridgehead atoms. The summed E-state index contributed by atoms with van der Waals surface area (Å²) >= 11 is 0. The molecule has 28 heavy (non-hydrogen) atoms. The largest absolute Gasteiger partial charge is 0.423 e. The summed E-state index contributed by atoms with van der Waals surface area (Å²) in [6, 6.07) is 7.55. The molecule has 1 aromatic carbocycles. The minimum atomic E-state index is -0.172. The topological polar surface area (TPSA) is 97.9 Å². The summed E-state index contributed by atoms with van der Waals surface area (Å²) < 4.78 is 6.00. The van der Waals surface area contributed by atoms with E-state index in [2.05, 4.69) is 37.1 Å². The van der Waals surface area contributed by atoms with E-state index in [1.165, 1.54) is 6.92 Å². The molecule has 0 spiro atoms. The van der Waals surface area contributed by atoms with E-state index in [0.717, 1.165) is 37.8 Å². The number of hydrogen-bond acceptors (Lipinski definition) is 7. The fraction of sp³-hybridized carbons (Fsp3) is 0.316. The highest BCUT2D eigenvalue weighted by Gasteiger charge is 2.28. The van der Waals surface area contributed by atoms with Crippen molar-refractivity contribution in [3.63, 3.8) is 0 Å². The molecule has 3 N–H and O–H groups in total. The highest BCUT2D eigenvalue weighted by atomic mass is 16.5. The third-order valence-electron chi connectivity index (χ3n) is 4.67. The Morgan fingerprint density at radius 2 is 2.04 bits per heavy atom. The van der Waals surface area contributed by atoms with Crippen LogP contribution in [0.25, 0.3) is 5.70 Å². The van der Waals surface area contributed by atoms with Crippen molar-refractivity contribution in [3.8, 4) is 5.75 Å². The zero-order chi connectivity index (χ0) is 19.7. The number of nitrogens with zero attached hydrogens (tertiary/aromatic N) is 4. The fourth-order valence-electron chi connectivity index (χ4n) is 3.15. The first-order chi connectivity index (χ1) is 13.5. The summed E-state index contributed by atoms with van der Waals surface area (Å²) in [4.78, 5) is 27.9. The standard InChI is InChI=1S/C19H23N7O2/c1-12-16-17(23-18(22-16)26-10-8-20-9-11-26)24-19(25(12)3)28-15-7-5-4-6-14(15)21-13(2)27/h4-7,20H,1,8-11H2,2-3H3,(H,21,27)(H,22,23). The molecule has 0 radical (unpaired) electrons. The number of piperazine rings is 1. The Morgan fingerprint density at radius 1 is 1.29 bits per heavy atom. The van der Waals surface area contributed by atoms with E-state index in [9.17, 15) is 4.79 Å². The van der Waals surface area contributed by atoms with Crippen LogP contribution in [0.5, 0.6) is 5.75 Å². The van der Waals surface area contributed by atoms with Crippen LogP contribution < -0.4 is 20.3 Å². The van der Waals surface area contributed by atoms with Gasteiger partial charge in [-0.15, -0.1) is 0 Å². The molecule has 1 saturated heterocycles. The lowest BCUT2D eigenvalue weighted by Crippen LogP contribution is -2.44. The maximum atomic E-state index is 11.4. The molecular weight excluding hydrogens is 358 g/mol. The lowest BCUT2D eigenvalue weighted by molar-refractivity contribution is -0.114. The molecule has 2 aliphatic rings. The van der Waals surface area contributed by atoms with Crippen molar-refractivity contribution in [3.05, 3.63) is 36.5 Å². The summed E-state index contributed by atoms with van der Waals surface area (Å²) in [5.74, 6) is 1.65. The molecule has 2 aliphatic heterocycles. The van der Waals surface area contributed by atoms with Crippen molar-refractivity contribution >= 4 is 35.1 Å². The fourth-order valence-corrected chi connectivity index (χ4v) is 3.15. The number of carbonyl (C=O) groups is 1. The number of para-hydroxylation sites is 2. The van der Waals surface area contributed by atoms with Crippen LogP contribution in [0.3, 0.4) is 0 Å². The van der Waals surface area contributed by atoms with Crippen LogP contribution in [0.15, 0.2) is 35.8 Å². The van der Waals surface area contributed by atoms with Gasteiger partial charge in [0.25, 0.3) is 0 Å². The normalized spacial score (nSPS) is 16.5. The summed E-state index contributed by atoms with van der Waals surface area (Å²) in [6.45, 7) is 9.21. The van der Waals surface area contributed by atoms with Crippen LogP contribution in [-0.2, 0) is 4.79 Å². The molecule has 9 heteroatoms.